The molecular weight excluding hydrogens is 440 g/mol. The Morgan fingerprint density at radius 1 is 1.35 bits per heavy atom. The van der Waals surface area contributed by atoms with E-state index in [1.54, 1.807) is 6.07 Å². The molecule has 3 N–H and O–H groups in total. The largest absolute Gasteiger partial charge is 0.379 e. The SMILES string of the molecule is CC1(c2ccc(F)c(NS(=O)(=O)c3cc(Cl)sc3Cl)c2)CCSC(N)=N1. The van der Waals surface area contributed by atoms with Gasteiger partial charge in [0.1, 0.15) is 15.0 Å². The number of hydrogen-bond donors (Lipinski definition) is 2. The van der Waals surface area contributed by atoms with Crippen molar-refractivity contribution in [3.8, 4) is 0 Å². The van der Waals surface area contributed by atoms with Crippen LogP contribution in [-0.4, -0.2) is 19.3 Å². The topological polar surface area (TPSA) is 84.5 Å². The maximum atomic E-state index is 14.2. The lowest BCUT2D eigenvalue weighted by Gasteiger charge is -2.30. The zero-order chi connectivity index (χ0) is 19.1. The van der Waals surface area contributed by atoms with Gasteiger partial charge in [-0.3, -0.25) is 9.71 Å². The summed E-state index contributed by atoms with van der Waals surface area (Å²) in [5.41, 5.74) is 5.64. The van der Waals surface area contributed by atoms with Gasteiger partial charge in [0.2, 0.25) is 0 Å². The fourth-order valence-corrected chi connectivity index (χ4v) is 6.72. The molecule has 11 heteroatoms. The number of sulfonamides is 1. The molecule has 1 aromatic heterocycles. The normalized spacial score (nSPS) is 20.7. The molecular formula is C15H14Cl2FN3O2S3. The van der Waals surface area contributed by atoms with Crippen LogP contribution in [-0.2, 0) is 15.6 Å². The lowest BCUT2D eigenvalue weighted by Crippen LogP contribution is -2.29. The van der Waals surface area contributed by atoms with Gasteiger partial charge in [-0.25, -0.2) is 12.8 Å². The molecule has 0 aliphatic carbocycles. The average molecular weight is 454 g/mol. The van der Waals surface area contributed by atoms with Crippen molar-refractivity contribution in [2.45, 2.75) is 23.8 Å². The van der Waals surface area contributed by atoms with E-state index in [4.69, 9.17) is 28.9 Å². The lowest BCUT2D eigenvalue weighted by molar-refractivity contribution is 0.481. The Morgan fingerprint density at radius 3 is 2.69 bits per heavy atom. The number of amidine groups is 1. The van der Waals surface area contributed by atoms with E-state index in [2.05, 4.69) is 9.71 Å². The minimum Gasteiger partial charge on any atom is -0.379 e. The van der Waals surface area contributed by atoms with Crippen molar-refractivity contribution in [1.29, 1.82) is 0 Å². The number of nitrogens with two attached hydrogens (primary N) is 1. The molecule has 26 heavy (non-hydrogen) atoms. The second kappa shape index (κ2) is 7.20. The summed E-state index contributed by atoms with van der Waals surface area (Å²) >= 11 is 14.1. The first-order valence-electron chi connectivity index (χ1n) is 7.36. The van der Waals surface area contributed by atoms with Crippen LogP contribution in [0.2, 0.25) is 8.67 Å². The summed E-state index contributed by atoms with van der Waals surface area (Å²) in [5.74, 6) is 0.0633. The number of thioether (sulfide) groups is 1. The van der Waals surface area contributed by atoms with Crippen molar-refractivity contribution in [1.82, 2.24) is 0 Å². The second-order valence-corrected chi connectivity index (χ2v) is 10.9. The molecule has 2 aromatic rings. The monoisotopic (exact) mass is 453 g/mol. The highest BCUT2D eigenvalue weighted by Gasteiger charge is 2.31. The smallest absolute Gasteiger partial charge is 0.264 e. The second-order valence-electron chi connectivity index (χ2n) is 5.81. The zero-order valence-corrected chi connectivity index (χ0v) is 17.4. The Bertz CT molecular complexity index is 994. The van der Waals surface area contributed by atoms with Gasteiger partial charge in [0.25, 0.3) is 10.0 Å². The number of rotatable bonds is 4. The number of hydrogen-bond acceptors (Lipinski definition) is 6. The van der Waals surface area contributed by atoms with Crippen LogP contribution in [0, 0.1) is 5.82 Å². The number of anilines is 1. The highest BCUT2D eigenvalue weighted by Crippen LogP contribution is 2.38. The van der Waals surface area contributed by atoms with E-state index in [0.717, 1.165) is 17.1 Å². The highest BCUT2D eigenvalue weighted by molar-refractivity contribution is 8.13. The number of aliphatic imine (C=N–C) groups is 1. The highest BCUT2D eigenvalue weighted by atomic mass is 35.5. The van der Waals surface area contributed by atoms with Crippen molar-refractivity contribution in [3.63, 3.8) is 0 Å². The van der Waals surface area contributed by atoms with Crippen molar-refractivity contribution in [2.75, 3.05) is 10.5 Å². The molecule has 0 saturated heterocycles. The maximum Gasteiger partial charge on any atom is 0.264 e. The Balaban J connectivity index is 1.99. The van der Waals surface area contributed by atoms with Gasteiger partial charge in [0.15, 0.2) is 5.17 Å². The van der Waals surface area contributed by atoms with Gasteiger partial charge < -0.3 is 5.73 Å². The standard InChI is InChI=1S/C15H14Cl2FN3O2S3/c1-15(4-5-24-14(19)20-15)8-2-3-9(18)10(6-8)21-26(22,23)11-7-12(16)25-13(11)17/h2-3,6-7,21H,4-5H2,1H3,(H2,19,20). The summed E-state index contributed by atoms with van der Waals surface area (Å²) in [4.78, 5) is 4.26. The van der Waals surface area contributed by atoms with Crippen molar-refractivity contribution in [2.24, 2.45) is 10.7 Å². The predicted molar refractivity (Wildman–Crippen MR) is 108 cm³/mol. The Labute approximate surface area is 168 Å². The van der Waals surface area contributed by atoms with Crippen LogP contribution in [0.5, 0.6) is 0 Å². The van der Waals surface area contributed by atoms with Crippen LogP contribution in [0.1, 0.15) is 18.9 Å². The molecule has 1 unspecified atom stereocenters. The summed E-state index contributed by atoms with van der Waals surface area (Å²) in [7, 11) is -4.08. The minimum absolute atomic E-state index is 0.00713. The van der Waals surface area contributed by atoms with E-state index in [0.29, 0.717) is 17.2 Å². The third-order valence-electron chi connectivity index (χ3n) is 3.94. The molecule has 140 valence electrons. The quantitative estimate of drug-likeness (QED) is 0.704. The summed E-state index contributed by atoms with van der Waals surface area (Å²) < 4.78 is 41.8. The first kappa shape index (κ1) is 19.8. The van der Waals surface area contributed by atoms with Crippen LogP contribution in [0.15, 0.2) is 34.2 Å². The molecule has 0 bridgehead atoms. The van der Waals surface area contributed by atoms with Gasteiger partial charge in [0, 0.05) is 5.75 Å². The predicted octanol–water partition coefficient (Wildman–Crippen LogP) is 4.66. The van der Waals surface area contributed by atoms with Gasteiger partial charge in [0.05, 0.1) is 15.6 Å². The molecule has 1 aromatic carbocycles. The molecule has 0 spiro atoms. The summed E-state index contributed by atoms with van der Waals surface area (Å²) in [6.07, 6.45) is 0.697. The van der Waals surface area contributed by atoms with E-state index < -0.39 is 21.4 Å². The lowest BCUT2D eigenvalue weighted by atomic mass is 9.89. The number of benzene rings is 1. The van der Waals surface area contributed by atoms with E-state index in [1.165, 1.54) is 30.0 Å². The Hall–Kier alpha value is -1.00. The molecule has 1 aliphatic heterocycles. The van der Waals surface area contributed by atoms with Gasteiger partial charge in [-0.15, -0.1) is 11.3 Å². The van der Waals surface area contributed by atoms with E-state index in [-0.39, 0.29) is 19.3 Å². The van der Waals surface area contributed by atoms with Crippen molar-refractivity contribution < 1.29 is 12.8 Å². The average Bonchev–Trinajstić information content (AvgIpc) is 2.88. The summed E-state index contributed by atoms with van der Waals surface area (Å²) in [6.45, 7) is 1.88. The first-order chi connectivity index (χ1) is 12.1. The Morgan fingerprint density at radius 2 is 2.08 bits per heavy atom. The van der Waals surface area contributed by atoms with E-state index in [9.17, 15) is 12.8 Å². The van der Waals surface area contributed by atoms with Gasteiger partial charge in [-0.05, 0) is 37.1 Å². The fourth-order valence-electron chi connectivity index (χ4n) is 2.54. The van der Waals surface area contributed by atoms with Gasteiger partial charge in [-0.2, -0.15) is 0 Å². The third kappa shape index (κ3) is 3.96. The maximum absolute atomic E-state index is 14.2. The van der Waals surface area contributed by atoms with Crippen LogP contribution in [0.4, 0.5) is 10.1 Å². The molecule has 5 nitrogen and oxygen atoms in total. The summed E-state index contributed by atoms with van der Waals surface area (Å²) in [6, 6.07) is 5.44. The van der Waals surface area contributed by atoms with Crippen LogP contribution in [0.25, 0.3) is 0 Å². The Kier molecular flexibility index (Phi) is 5.47. The number of halogens is 3. The van der Waals surface area contributed by atoms with Crippen LogP contribution >= 0.6 is 46.3 Å². The molecule has 3 rings (SSSR count). The van der Waals surface area contributed by atoms with Gasteiger partial charge >= 0.3 is 0 Å². The minimum atomic E-state index is -4.08. The van der Waals surface area contributed by atoms with E-state index in [1.807, 2.05) is 6.92 Å². The molecule has 1 atom stereocenters. The van der Waals surface area contributed by atoms with Crippen molar-refractivity contribution >= 4 is 67.2 Å². The number of nitrogens with zero attached hydrogens (tertiary/aromatic N) is 1. The summed E-state index contributed by atoms with van der Waals surface area (Å²) in [5, 5.41) is 0.449. The van der Waals surface area contributed by atoms with Crippen LogP contribution in [0.3, 0.4) is 0 Å². The fraction of sp³-hybridized carbons (Fsp3) is 0.267. The van der Waals surface area contributed by atoms with Crippen LogP contribution < -0.4 is 10.5 Å². The molecule has 0 fully saturated rings. The van der Waals surface area contributed by atoms with Crippen molar-refractivity contribution in [3.05, 3.63) is 44.3 Å². The molecule has 1 aliphatic rings. The molecule has 0 amide bonds. The van der Waals surface area contributed by atoms with E-state index >= 15 is 0 Å². The number of thiophene rings is 1. The third-order valence-corrected chi connectivity index (χ3v) is 7.86. The molecule has 0 radical (unpaired) electrons. The van der Waals surface area contributed by atoms with Gasteiger partial charge in [-0.1, -0.05) is 41.0 Å². The molecule has 0 saturated carbocycles. The molecule has 2 heterocycles. The first-order valence-corrected chi connectivity index (χ1v) is 11.4. The number of nitrogens with one attached hydrogen (secondary N) is 1. The zero-order valence-electron chi connectivity index (χ0n) is 13.4.